The number of methoxy groups -OCH3 is 1. The first-order valence-corrected chi connectivity index (χ1v) is 11.8. The van der Waals surface area contributed by atoms with E-state index in [1.807, 2.05) is 4.90 Å². The topological polar surface area (TPSA) is 113 Å². The highest BCUT2D eigenvalue weighted by atomic mass is 32.1. The van der Waals surface area contributed by atoms with Gasteiger partial charge in [0.05, 0.1) is 25.4 Å². The first kappa shape index (κ1) is 25.2. The van der Waals surface area contributed by atoms with Gasteiger partial charge in [-0.3, -0.25) is 9.89 Å². The summed E-state index contributed by atoms with van der Waals surface area (Å²) in [6.07, 6.45) is 9.42. The van der Waals surface area contributed by atoms with Gasteiger partial charge in [0.2, 0.25) is 0 Å². The van der Waals surface area contributed by atoms with Gasteiger partial charge in [-0.25, -0.2) is 19.0 Å². The number of terminal acetylenes is 1. The molecular formula is C25H23FN4O5S. The highest BCUT2D eigenvalue weighted by Gasteiger charge is 2.35. The number of amidine groups is 1. The standard InChI is InChI=1S/C25H23FN4O5S/c1-3-15-12-16(26)4-6-18(15)22-21(25(33)34-2)19(28-23(29-22)24-27-8-11-36-24)14-30-9-10-35-17(13-30)5-7-20(31)32/h1,4-8,11-12,17,22H,9-10,13-14H2,2H3,(H,28,29)(H,31,32)/b7-5+/t17-,22?/m1/s1. The molecule has 1 unspecified atom stereocenters. The summed E-state index contributed by atoms with van der Waals surface area (Å²) < 4.78 is 24.7. The molecule has 186 valence electrons. The third-order valence-corrected chi connectivity index (χ3v) is 6.42. The SMILES string of the molecule is C#Cc1cc(F)ccc1C1N=C(c2nccs2)NC(CN2CCO[C@H](/C=C/C(=O)O)C2)=C1C(=O)OC. The Labute approximate surface area is 211 Å². The number of aliphatic imine (C=N–C) groups is 1. The summed E-state index contributed by atoms with van der Waals surface area (Å²) in [6.45, 7) is 1.63. The van der Waals surface area contributed by atoms with Crippen molar-refractivity contribution in [2.24, 2.45) is 4.99 Å². The second-order valence-electron chi connectivity index (χ2n) is 7.94. The van der Waals surface area contributed by atoms with Crippen molar-refractivity contribution in [1.29, 1.82) is 0 Å². The molecular weight excluding hydrogens is 487 g/mol. The van der Waals surface area contributed by atoms with E-state index in [9.17, 15) is 14.0 Å². The third kappa shape index (κ3) is 5.68. The number of hydrogen-bond donors (Lipinski definition) is 2. The van der Waals surface area contributed by atoms with Crippen LogP contribution in [0.1, 0.15) is 22.2 Å². The van der Waals surface area contributed by atoms with Crippen molar-refractivity contribution in [3.05, 3.63) is 75.1 Å². The Bertz CT molecular complexity index is 1280. The molecule has 2 aromatic rings. The number of halogens is 1. The van der Waals surface area contributed by atoms with E-state index in [2.05, 4.69) is 16.2 Å². The second kappa shape index (κ2) is 11.3. The van der Waals surface area contributed by atoms with E-state index >= 15 is 0 Å². The van der Waals surface area contributed by atoms with Crippen molar-refractivity contribution in [3.8, 4) is 12.3 Å². The van der Waals surface area contributed by atoms with Gasteiger partial charge in [0.1, 0.15) is 11.9 Å². The molecule has 9 nitrogen and oxygen atoms in total. The van der Waals surface area contributed by atoms with E-state index in [0.29, 0.717) is 48.3 Å². The maximum absolute atomic E-state index is 13.9. The zero-order valence-corrected chi connectivity index (χ0v) is 20.1. The molecule has 36 heavy (non-hydrogen) atoms. The number of rotatable bonds is 7. The van der Waals surface area contributed by atoms with Crippen LogP contribution in [0.15, 0.2) is 58.2 Å². The van der Waals surface area contributed by atoms with Gasteiger partial charge in [-0.2, -0.15) is 0 Å². The summed E-state index contributed by atoms with van der Waals surface area (Å²) in [5.74, 6) is 0.770. The predicted octanol–water partition coefficient (Wildman–Crippen LogP) is 2.12. The molecule has 11 heteroatoms. The number of morpholine rings is 1. The number of nitrogens with one attached hydrogen (secondary N) is 1. The average Bonchev–Trinajstić information content (AvgIpc) is 3.42. The van der Waals surface area contributed by atoms with Crippen molar-refractivity contribution in [2.75, 3.05) is 33.4 Å². The number of aliphatic carboxylic acids is 1. The quantitative estimate of drug-likeness (QED) is 0.331. The Balaban J connectivity index is 1.76. The fourth-order valence-corrected chi connectivity index (χ4v) is 4.63. The maximum Gasteiger partial charge on any atom is 0.338 e. The lowest BCUT2D eigenvalue weighted by molar-refractivity contribution is -0.136. The van der Waals surface area contributed by atoms with E-state index in [1.165, 1.54) is 42.7 Å². The van der Waals surface area contributed by atoms with Gasteiger partial charge in [-0.15, -0.1) is 17.8 Å². The van der Waals surface area contributed by atoms with Gasteiger partial charge >= 0.3 is 11.9 Å². The lowest BCUT2D eigenvalue weighted by Gasteiger charge is -2.34. The highest BCUT2D eigenvalue weighted by Crippen LogP contribution is 2.35. The molecule has 1 aromatic carbocycles. The number of carboxylic acids is 1. The second-order valence-corrected chi connectivity index (χ2v) is 8.84. The van der Waals surface area contributed by atoms with Crippen LogP contribution in [0, 0.1) is 18.2 Å². The highest BCUT2D eigenvalue weighted by molar-refractivity contribution is 7.11. The summed E-state index contributed by atoms with van der Waals surface area (Å²) in [5, 5.41) is 14.6. The smallest absolute Gasteiger partial charge is 0.338 e. The van der Waals surface area contributed by atoms with E-state index in [1.54, 1.807) is 11.6 Å². The molecule has 1 saturated heterocycles. The molecule has 2 aliphatic heterocycles. The van der Waals surface area contributed by atoms with Crippen LogP contribution in [0.5, 0.6) is 0 Å². The largest absolute Gasteiger partial charge is 0.478 e. The van der Waals surface area contributed by atoms with E-state index < -0.39 is 29.9 Å². The Kier molecular flexibility index (Phi) is 7.90. The lowest BCUT2D eigenvalue weighted by Crippen LogP contribution is -2.46. The van der Waals surface area contributed by atoms with Gasteiger partial charge < -0.3 is 19.9 Å². The molecule has 3 heterocycles. The van der Waals surface area contributed by atoms with Crippen LogP contribution in [0.4, 0.5) is 4.39 Å². The molecule has 2 atom stereocenters. The van der Waals surface area contributed by atoms with E-state index in [4.69, 9.17) is 26.0 Å². The van der Waals surface area contributed by atoms with E-state index in [0.717, 1.165) is 6.08 Å². The minimum Gasteiger partial charge on any atom is -0.478 e. The Hall–Kier alpha value is -3.85. The van der Waals surface area contributed by atoms with Crippen LogP contribution >= 0.6 is 11.3 Å². The number of nitrogens with zero attached hydrogens (tertiary/aromatic N) is 3. The van der Waals surface area contributed by atoms with Gasteiger partial charge in [0, 0.05) is 48.5 Å². The number of esters is 1. The molecule has 1 aromatic heterocycles. The normalized spacial score (nSPS) is 20.5. The molecule has 0 spiro atoms. The number of carboxylic acid groups (broad SMARTS) is 1. The van der Waals surface area contributed by atoms with Crippen molar-refractivity contribution in [1.82, 2.24) is 15.2 Å². The Morgan fingerprint density at radius 1 is 1.47 bits per heavy atom. The molecule has 0 radical (unpaired) electrons. The Morgan fingerprint density at radius 3 is 3.00 bits per heavy atom. The zero-order valence-electron chi connectivity index (χ0n) is 19.3. The minimum absolute atomic E-state index is 0.241. The molecule has 2 N–H and O–H groups in total. The number of ether oxygens (including phenoxy) is 2. The summed E-state index contributed by atoms with van der Waals surface area (Å²) in [7, 11) is 1.28. The average molecular weight is 511 g/mol. The summed E-state index contributed by atoms with van der Waals surface area (Å²) in [4.78, 5) is 35.1. The van der Waals surface area contributed by atoms with Crippen LogP contribution < -0.4 is 5.32 Å². The lowest BCUT2D eigenvalue weighted by atomic mass is 9.92. The molecule has 0 bridgehead atoms. The van der Waals surface area contributed by atoms with Crippen molar-refractivity contribution in [3.63, 3.8) is 0 Å². The third-order valence-electron chi connectivity index (χ3n) is 5.64. The molecule has 0 amide bonds. The summed E-state index contributed by atoms with van der Waals surface area (Å²) in [6, 6.07) is 3.16. The van der Waals surface area contributed by atoms with Crippen LogP contribution in [0.25, 0.3) is 0 Å². The minimum atomic E-state index is -1.06. The molecule has 1 fully saturated rings. The van der Waals surface area contributed by atoms with Crippen LogP contribution in [0.2, 0.25) is 0 Å². The maximum atomic E-state index is 13.9. The molecule has 0 aliphatic carbocycles. The summed E-state index contributed by atoms with van der Waals surface area (Å²) in [5.41, 5.74) is 1.53. The van der Waals surface area contributed by atoms with Crippen LogP contribution in [-0.2, 0) is 19.1 Å². The molecule has 0 saturated carbocycles. The predicted molar refractivity (Wildman–Crippen MR) is 131 cm³/mol. The van der Waals surface area contributed by atoms with Gasteiger partial charge in [-0.1, -0.05) is 12.0 Å². The summed E-state index contributed by atoms with van der Waals surface area (Å²) >= 11 is 1.37. The molecule has 4 rings (SSSR count). The number of carbonyl (C=O) groups excluding carboxylic acids is 1. The number of benzene rings is 1. The molecule has 2 aliphatic rings. The first-order chi connectivity index (χ1) is 17.4. The number of carbonyl (C=O) groups is 2. The van der Waals surface area contributed by atoms with Crippen LogP contribution in [-0.4, -0.2) is 72.2 Å². The number of thiazole rings is 1. The van der Waals surface area contributed by atoms with Crippen molar-refractivity contribution in [2.45, 2.75) is 12.1 Å². The first-order valence-electron chi connectivity index (χ1n) is 11.0. The van der Waals surface area contributed by atoms with Gasteiger partial charge in [0.15, 0.2) is 10.8 Å². The number of aromatic nitrogens is 1. The Morgan fingerprint density at radius 2 is 2.31 bits per heavy atom. The van der Waals surface area contributed by atoms with Crippen LogP contribution in [0.3, 0.4) is 0 Å². The fourth-order valence-electron chi connectivity index (χ4n) is 4.04. The zero-order chi connectivity index (χ0) is 25.7. The van der Waals surface area contributed by atoms with Crippen molar-refractivity contribution >= 4 is 29.1 Å². The fraction of sp³-hybridized carbons (Fsp3) is 0.280. The van der Waals surface area contributed by atoms with Crippen molar-refractivity contribution < 1.29 is 28.6 Å². The monoisotopic (exact) mass is 510 g/mol. The number of hydrogen-bond acceptors (Lipinski definition) is 9. The van der Waals surface area contributed by atoms with E-state index in [-0.39, 0.29) is 11.1 Å². The van der Waals surface area contributed by atoms with Gasteiger partial charge in [0.25, 0.3) is 0 Å². The van der Waals surface area contributed by atoms with Gasteiger partial charge in [-0.05, 0) is 23.8 Å².